The molecule has 12 heteroatoms. The summed E-state index contributed by atoms with van der Waals surface area (Å²) in [4.78, 5) is 44.2. The van der Waals surface area contributed by atoms with Gasteiger partial charge >= 0.3 is 12.1 Å². The summed E-state index contributed by atoms with van der Waals surface area (Å²) in [5.74, 6) is -0.640. The third-order valence-corrected chi connectivity index (χ3v) is 19.4. The normalized spacial score (nSPS) is 20.8. The first-order valence-electron chi connectivity index (χ1n) is 21.9. The maximum absolute atomic E-state index is 15.2. The minimum atomic E-state index is -3.98. The first-order chi connectivity index (χ1) is 29.9. The molecule has 3 atom stereocenters. The number of unbranched alkanes of at least 4 members (excludes halogenated alkanes) is 1. The number of benzene rings is 4. The van der Waals surface area contributed by atoms with Crippen LogP contribution in [0.15, 0.2) is 143 Å². The van der Waals surface area contributed by atoms with E-state index in [1.165, 1.54) is 4.31 Å². The van der Waals surface area contributed by atoms with Gasteiger partial charge in [-0.1, -0.05) is 129 Å². The molecule has 0 radical (unpaired) electrons. The quantitative estimate of drug-likeness (QED) is 0.0747. The lowest BCUT2D eigenvalue weighted by Gasteiger charge is -2.44. The number of sulfonamides is 1. The molecule has 0 aromatic heterocycles. The lowest BCUT2D eigenvalue weighted by atomic mass is 9.73. The van der Waals surface area contributed by atoms with E-state index in [1.807, 2.05) is 61.5 Å². The van der Waals surface area contributed by atoms with E-state index in [2.05, 4.69) is 45.0 Å². The lowest BCUT2D eigenvalue weighted by Crippen LogP contribution is -2.67. The summed E-state index contributed by atoms with van der Waals surface area (Å²) in [6, 6.07) is 34.5. The van der Waals surface area contributed by atoms with Crippen molar-refractivity contribution >= 4 is 46.6 Å². The summed E-state index contributed by atoms with van der Waals surface area (Å²) in [7, 11) is -7.09. The number of ketones is 1. The van der Waals surface area contributed by atoms with Crippen LogP contribution in [0.25, 0.3) is 0 Å². The van der Waals surface area contributed by atoms with Gasteiger partial charge in [0, 0.05) is 24.1 Å². The van der Waals surface area contributed by atoms with Crippen molar-refractivity contribution in [1.82, 2.24) is 9.21 Å². The Labute approximate surface area is 374 Å². The smallest absolute Gasteiger partial charge is 0.411 e. The second-order valence-electron chi connectivity index (χ2n) is 19.0. The molecule has 0 unspecified atom stereocenters. The molecule has 2 fully saturated rings. The maximum atomic E-state index is 15.2. The van der Waals surface area contributed by atoms with Gasteiger partial charge in [0.15, 0.2) is 5.78 Å². The number of allylic oxidation sites excluding steroid dienone is 2. The fraction of sp³-hybridized carbons (Fsp3) is 0.392. The Kier molecular flexibility index (Phi) is 13.2. The number of rotatable bonds is 13. The zero-order valence-electron chi connectivity index (χ0n) is 37.5. The molecule has 1 spiro atoms. The van der Waals surface area contributed by atoms with Crippen molar-refractivity contribution < 1.29 is 36.7 Å². The van der Waals surface area contributed by atoms with Crippen LogP contribution in [-0.4, -0.2) is 87.8 Å². The van der Waals surface area contributed by atoms with Crippen molar-refractivity contribution in [3.63, 3.8) is 0 Å². The highest BCUT2D eigenvalue weighted by molar-refractivity contribution is 7.89. The third kappa shape index (κ3) is 9.14. The van der Waals surface area contributed by atoms with Gasteiger partial charge in [-0.15, -0.1) is 0 Å². The number of nitrogens with zero attached hydrogens (tertiary/aromatic N) is 2. The van der Waals surface area contributed by atoms with Crippen molar-refractivity contribution in [2.45, 2.75) is 102 Å². The number of hydrogen-bond acceptors (Lipinski definition) is 8. The molecule has 2 heterocycles. The van der Waals surface area contributed by atoms with E-state index in [9.17, 15) is 18.0 Å². The Morgan fingerprint density at radius 2 is 1.43 bits per heavy atom. The van der Waals surface area contributed by atoms with Gasteiger partial charge in [0.05, 0.1) is 29.7 Å². The van der Waals surface area contributed by atoms with Crippen LogP contribution in [0.2, 0.25) is 5.04 Å². The van der Waals surface area contributed by atoms with E-state index in [-0.39, 0.29) is 42.0 Å². The zero-order chi connectivity index (χ0) is 45.2. The summed E-state index contributed by atoms with van der Waals surface area (Å²) in [6.07, 6.45) is 4.76. The molecular formula is C51H60N2O8SSi. The van der Waals surface area contributed by atoms with Crippen LogP contribution in [0.3, 0.4) is 0 Å². The number of hydrogen-bond donors (Lipinski definition) is 0. The standard InChI is InChI=1S/C51H60N2O8SSi/c1-37-27-29-40(30-28-37)62(57,58)52-32-31-44-43(26-18-11-19-33-59-47(55)38-20-12-8-13-21-38)45(54)46-51(44,36-52)34-39(53(46)48(56)61-49(2,3)4)35-60-63(50(5,6)7,41-22-14-9-15-23-41)42-24-16-10-17-25-42/h8-10,12-18,20-30,39,46H,11,19,31-36H2,1-7H3/b26-18+/t39-,46+,51+/m0/s1. The van der Waals surface area contributed by atoms with Crippen LogP contribution in [0.1, 0.15) is 83.1 Å². The average Bonchev–Trinajstić information content (AvgIpc) is 3.69. The number of ether oxygens (including phenoxy) is 2. The van der Waals surface area contributed by atoms with Gasteiger partial charge in [-0.25, -0.2) is 18.0 Å². The molecule has 1 aliphatic carbocycles. The fourth-order valence-corrected chi connectivity index (χ4v) is 15.9. The van der Waals surface area contributed by atoms with E-state index in [0.29, 0.717) is 36.8 Å². The van der Waals surface area contributed by atoms with Crippen molar-refractivity contribution in [3.8, 4) is 0 Å². The van der Waals surface area contributed by atoms with Crippen LogP contribution in [0, 0.1) is 12.3 Å². The van der Waals surface area contributed by atoms with Gasteiger partial charge in [0.2, 0.25) is 10.0 Å². The second kappa shape index (κ2) is 18.2. The zero-order valence-corrected chi connectivity index (χ0v) is 39.3. The number of amides is 1. The van der Waals surface area contributed by atoms with E-state index >= 15 is 4.79 Å². The van der Waals surface area contributed by atoms with Gasteiger partial charge in [0.25, 0.3) is 8.32 Å². The highest BCUT2D eigenvalue weighted by atomic mass is 32.2. The molecule has 0 N–H and O–H groups in total. The Morgan fingerprint density at radius 3 is 2.00 bits per heavy atom. The van der Waals surface area contributed by atoms with Crippen molar-refractivity contribution in [1.29, 1.82) is 0 Å². The van der Waals surface area contributed by atoms with E-state index in [4.69, 9.17) is 13.9 Å². The Morgan fingerprint density at radius 1 is 0.841 bits per heavy atom. The summed E-state index contributed by atoms with van der Waals surface area (Å²) in [5.41, 5.74) is 0.836. The highest BCUT2D eigenvalue weighted by Gasteiger charge is 2.66. The van der Waals surface area contributed by atoms with Crippen LogP contribution >= 0.6 is 0 Å². The number of carbonyl (C=O) groups is 3. The second-order valence-corrected chi connectivity index (χ2v) is 25.2. The largest absolute Gasteiger partial charge is 0.462 e. The molecule has 63 heavy (non-hydrogen) atoms. The summed E-state index contributed by atoms with van der Waals surface area (Å²) >= 11 is 0. The number of likely N-dealkylation sites (tertiary alicyclic amines) is 1. The molecule has 3 aliphatic rings. The summed E-state index contributed by atoms with van der Waals surface area (Å²) in [5, 5.41) is 1.80. The SMILES string of the molecule is Cc1ccc(S(=O)(=O)N2CCC3=C(/C=C/CCCOC(=O)c4ccccc4)C(=O)[C@H]4N(C(=O)OC(C)(C)C)[C@H](CO[Si](c5ccccc5)(c5ccccc5)C(C)(C)C)C[C@@]34C2)cc1. The molecule has 10 nitrogen and oxygen atoms in total. The van der Waals surface area contributed by atoms with E-state index in [1.54, 1.807) is 74.2 Å². The van der Waals surface area contributed by atoms with Crippen molar-refractivity contribution in [2.75, 3.05) is 26.3 Å². The van der Waals surface area contributed by atoms with Gasteiger partial charge in [0.1, 0.15) is 11.6 Å². The molecule has 4 aromatic carbocycles. The van der Waals surface area contributed by atoms with Crippen LogP contribution < -0.4 is 10.4 Å². The number of Topliss-reactive ketones (excluding diaryl/α,β-unsaturated/α-hetero) is 1. The molecule has 2 saturated heterocycles. The average molecular weight is 889 g/mol. The fourth-order valence-electron chi connectivity index (χ4n) is 9.76. The predicted octanol–water partition coefficient (Wildman–Crippen LogP) is 8.40. The minimum absolute atomic E-state index is 0.0107. The number of aryl methyl sites for hydroxylation is 1. The summed E-state index contributed by atoms with van der Waals surface area (Å²) in [6.45, 7) is 14.4. The minimum Gasteiger partial charge on any atom is -0.462 e. The highest BCUT2D eigenvalue weighted by Crippen LogP contribution is 2.57. The van der Waals surface area contributed by atoms with Crippen LogP contribution in [0.4, 0.5) is 4.79 Å². The molecule has 0 bridgehead atoms. The molecule has 4 aromatic rings. The van der Waals surface area contributed by atoms with Gasteiger partial charge in [-0.3, -0.25) is 9.69 Å². The lowest BCUT2D eigenvalue weighted by molar-refractivity contribution is -0.121. The number of esters is 1. The summed E-state index contributed by atoms with van der Waals surface area (Å²) < 4.78 is 49.5. The van der Waals surface area contributed by atoms with Gasteiger partial charge in [-0.05, 0) is 98.6 Å². The van der Waals surface area contributed by atoms with E-state index in [0.717, 1.165) is 21.5 Å². The predicted molar refractivity (Wildman–Crippen MR) is 248 cm³/mol. The number of carbonyl (C=O) groups excluding carboxylic acids is 3. The Hall–Kier alpha value is -5.14. The van der Waals surface area contributed by atoms with Crippen LogP contribution in [-0.2, 0) is 28.7 Å². The Balaban J connectivity index is 1.27. The topological polar surface area (TPSA) is 120 Å². The molecule has 332 valence electrons. The molecule has 0 saturated carbocycles. The third-order valence-electron chi connectivity index (χ3n) is 12.5. The monoisotopic (exact) mass is 888 g/mol. The molecule has 2 aliphatic heterocycles. The van der Waals surface area contributed by atoms with Gasteiger partial charge < -0.3 is 13.9 Å². The van der Waals surface area contributed by atoms with Crippen molar-refractivity contribution in [3.05, 3.63) is 150 Å². The first kappa shape index (κ1) is 45.9. The van der Waals surface area contributed by atoms with Crippen molar-refractivity contribution in [2.24, 2.45) is 5.41 Å². The van der Waals surface area contributed by atoms with E-state index < -0.39 is 53.5 Å². The molecular weight excluding hydrogens is 829 g/mol. The molecule has 7 rings (SSSR count). The van der Waals surface area contributed by atoms with Crippen LogP contribution in [0.5, 0.6) is 0 Å². The van der Waals surface area contributed by atoms with Gasteiger partial charge in [-0.2, -0.15) is 4.31 Å². The first-order valence-corrected chi connectivity index (χ1v) is 25.2. The Bertz CT molecular complexity index is 2420. The molecule has 1 amide bonds. The number of piperidine rings is 1. The maximum Gasteiger partial charge on any atom is 0.411 e.